The predicted octanol–water partition coefficient (Wildman–Crippen LogP) is 1.64. The number of anilines is 1. The van der Waals surface area contributed by atoms with Crippen molar-refractivity contribution in [3.8, 4) is 0 Å². The van der Waals surface area contributed by atoms with Crippen molar-refractivity contribution in [3.05, 3.63) is 34.7 Å². The molecule has 0 bridgehead atoms. The molecule has 0 unspecified atom stereocenters. The molecule has 0 aromatic carbocycles. The Labute approximate surface area is 115 Å². The topological polar surface area (TPSA) is 71.0 Å². The molecule has 7 heteroatoms. The molecule has 19 heavy (non-hydrogen) atoms. The summed E-state index contributed by atoms with van der Waals surface area (Å²) in [5.74, 6) is 0.440. The minimum atomic E-state index is -0.166. The number of carbonyl (C=O) groups is 1. The Hall–Kier alpha value is -2.02. The van der Waals surface area contributed by atoms with E-state index >= 15 is 0 Å². The van der Waals surface area contributed by atoms with Gasteiger partial charge >= 0.3 is 0 Å². The van der Waals surface area contributed by atoms with Crippen molar-refractivity contribution >= 4 is 23.1 Å². The quantitative estimate of drug-likeness (QED) is 0.899. The molecule has 6 nitrogen and oxygen atoms in total. The van der Waals surface area contributed by atoms with Crippen LogP contribution in [0.5, 0.6) is 0 Å². The molecule has 2 rings (SSSR count). The van der Waals surface area contributed by atoms with Crippen LogP contribution in [0.3, 0.4) is 0 Å². The Morgan fingerprint density at radius 1 is 1.47 bits per heavy atom. The normalized spacial score (nSPS) is 10.2. The van der Waals surface area contributed by atoms with Gasteiger partial charge in [-0.05, 0) is 6.92 Å². The van der Waals surface area contributed by atoms with Crippen molar-refractivity contribution in [1.82, 2.24) is 19.9 Å². The van der Waals surface area contributed by atoms with Crippen LogP contribution in [0.15, 0.2) is 23.3 Å². The highest BCUT2D eigenvalue weighted by molar-refractivity contribution is 7.07. The Morgan fingerprint density at radius 3 is 3.00 bits per heavy atom. The van der Waals surface area contributed by atoms with Gasteiger partial charge in [0.2, 0.25) is 0 Å². The van der Waals surface area contributed by atoms with Crippen molar-refractivity contribution < 1.29 is 4.79 Å². The molecule has 2 aromatic rings. The second kappa shape index (κ2) is 6.24. The summed E-state index contributed by atoms with van der Waals surface area (Å²) in [5, 5.41) is 4.95. The zero-order chi connectivity index (χ0) is 13.7. The van der Waals surface area contributed by atoms with Crippen molar-refractivity contribution in [2.45, 2.75) is 13.5 Å². The molecule has 0 radical (unpaired) electrons. The average molecular weight is 277 g/mol. The Kier molecular flexibility index (Phi) is 4.40. The van der Waals surface area contributed by atoms with E-state index in [1.165, 1.54) is 17.5 Å². The van der Waals surface area contributed by atoms with Gasteiger partial charge in [-0.1, -0.05) is 0 Å². The molecule has 0 aliphatic heterocycles. The van der Waals surface area contributed by atoms with Crippen LogP contribution in [0.25, 0.3) is 0 Å². The van der Waals surface area contributed by atoms with E-state index in [2.05, 4.69) is 20.3 Å². The van der Waals surface area contributed by atoms with Crippen LogP contribution in [0, 0.1) is 0 Å². The van der Waals surface area contributed by atoms with E-state index in [1.807, 2.05) is 12.3 Å². The first-order valence-electron chi connectivity index (χ1n) is 5.89. The molecule has 2 heterocycles. The van der Waals surface area contributed by atoms with Gasteiger partial charge in [-0.2, -0.15) is 0 Å². The number of nitrogens with zero attached hydrogens (tertiary/aromatic N) is 4. The third-order valence-electron chi connectivity index (χ3n) is 2.44. The highest BCUT2D eigenvalue weighted by atomic mass is 32.1. The zero-order valence-electron chi connectivity index (χ0n) is 10.8. The summed E-state index contributed by atoms with van der Waals surface area (Å²) in [6, 6.07) is 0. The fourth-order valence-electron chi connectivity index (χ4n) is 1.56. The summed E-state index contributed by atoms with van der Waals surface area (Å²) in [6.45, 7) is 3.17. The lowest BCUT2D eigenvalue weighted by atomic mass is 10.3. The third kappa shape index (κ3) is 3.47. The fraction of sp³-hybridized carbons (Fsp3) is 0.333. The summed E-state index contributed by atoms with van der Waals surface area (Å²) in [6.07, 6.45) is 3.07. The number of hydrogen-bond acceptors (Lipinski definition) is 6. The van der Waals surface area contributed by atoms with E-state index in [0.29, 0.717) is 18.1 Å². The van der Waals surface area contributed by atoms with E-state index < -0.39 is 0 Å². The molecule has 0 spiro atoms. The van der Waals surface area contributed by atoms with Crippen molar-refractivity contribution in [3.63, 3.8) is 0 Å². The molecule has 100 valence electrons. The highest BCUT2D eigenvalue weighted by Gasteiger charge is 2.15. The molecule has 0 saturated heterocycles. The molecule has 0 fully saturated rings. The molecular weight excluding hydrogens is 262 g/mol. The van der Waals surface area contributed by atoms with Gasteiger partial charge in [0.05, 0.1) is 30.1 Å². The van der Waals surface area contributed by atoms with Crippen LogP contribution >= 0.6 is 11.3 Å². The maximum absolute atomic E-state index is 12.2. The molecule has 0 aliphatic rings. The third-order valence-corrected chi connectivity index (χ3v) is 3.08. The van der Waals surface area contributed by atoms with Crippen molar-refractivity contribution in [2.24, 2.45) is 0 Å². The van der Waals surface area contributed by atoms with Gasteiger partial charge in [-0.25, -0.2) is 9.97 Å². The van der Waals surface area contributed by atoms with Gasteiger partial charge in [0.1, 0.15) is 11.5 Å². The van der Waals surface area contributed by atoms with Crippen LogP contribution in [-0.4, -0.2) is 39.4 Å². The van der Waals surface area contributed by atoms with Gasteiger partial charge in [-0.3, -0.25) is 9.78 Å². The van der Waals surface area contributed by atoms with Gasteiger partial charge in [0.15, 0.2) is 0 Å². The lowest BCUT2D eigenvalue weighted by Crippen LogP contribution is -2.27. The number of thiazole rings is 1. The first-order chi connectivity index (χ1) is 9.20. The number of carbonyl (C=O) groups excluding carboxylic acids is 1. The van der Waals surface area contributed by atoms with Gasteiger partial charge in [0.25, 0.3) is 5.91 Å². The fourth-order valence-corrected chi connectivity index (χ4v) is 2.11. The van der Waals surface area contributed by atoms with Gasteiger partial charge < -0.3 is 10.2 Å². The summed E-state index contributed by atoms with van der Waals surface area (Å²) in [7, 11) is 1.73. The SMILES string of the molecule is CCNc1cncc(C(=O)N(C)Cc2cscn2)n1. The maximum Gasteiger partial charge on any atom is 0.274 e. The average Bonchev–Trinajstić information content (AvgIpc) is 2.91. The first-order valence-corrected chi connectivity index (χ1v) is 6.83. The van der Waals surface area contributed by atoms with E-state index in [4.69, 9.17) is 0 Å². The van der Waals surface area contributed by atoms with Gasteiger partial charge in [0, 0.05) is 19.0 Å². The molecule has 0 saturated carbocycles. The smallest absolute Gasteiger partial charge is 0.274 e. The standard InChI is InChI=1S/C12H15N5OS/c1-3-14-11-5-13-4-10(16-11)12(18)17(2)6-9-7-19-8-15-9/h4-5,7-8H,3,6H2,1-2H3,(H,14,16). The van der Waals surface area contributed by atoms with Crippen LogP contribution < -0.4 is 5.32 Å². The van der Waals surface area contributed by atoms with Crippen LogP contribution in [0.2, 0.25) is 0 Å². The zero-order valence-corrected chi connectivity index (χ0v) is 11.6. The van der Waals surface area contributed by atoms with E-state index in [-0.39, 0.29) is 5.91 Å². The largest absolute Gasteiger partial charge is 0.369 e. The summed E-state index contributed by atoms with van der Waals surface area (Å²) in [4.78, 5) is 26.2. The Morgan fingerprint density at radius 2 is 2.32 bits per heavy atom. The summed E-state index contributed by atoms with van der Waals surface area (Å²) >= 11 is 1.51. The second-order valence-corrected chi connectivity index (χ2v) is 4.68. The molecule has 0 aliphatic carbocycles. The van der Waals surface area contributed by atoms with E-state index in [1.54, 1.807) is 23.7 Å². The molecule has 2 aromatic heterocycles. The number of aromatic nitrogens is 3. The minimum Gasteiger partial charge on any atom is -0.369 e. The van der Waals surface area contributed by atoms with Crippen molar-refractivity contribution in [2.75, 3.05) is 18.9 Å². The lowest BCUT2D eigenvalue weighted by molar-refractivity contribution is 0.0777. The second-order valence-electron chi connectivity index (χ2n) is 3.96. The minimum absolute atomic E-state index is 0.166. The van der Waals surface area contributed by atoms with E-state index in [9.17, 15) is 4.79 Å². The summed E-state index contributed by atoms with van der Waals surface area (Å²) < 4.78 is 0. The van der Waals surface area contributed by atoms with Gasteiger partial charge in [-0.15, -0.1) is 11.3 Å². The predicted molar refractivity (Wildman–Crippen MR) is 74.1 cm³/mol. The number of nitrogens with one attached hydrogen (secondary N) is 1. The Bertz CT molecular complexity index is 543. The highest BCUT2D eigenvalue weighted by Crippen LogP contribution is 2.08. The first kappa shape index (κ1) is 13.4. The molecule has 1 N–H and O–H groups in total. The maximum atomic E-state index is 12.2. The molecule has 0 atom stereocenters. The number of rotatable bonds is 5. The van der Waals surface area contributed by atoms with Crippen LogP contribution in [-0.2, 0) is 6.54 Å². The van der Waals surface area contributed by atoms with Crippen molar-refractivity contribution in [1.29, 1.82) is 0 Å². The monoisotopic (exact) mass is 277 g/mol. The lowest BCUT2D eigenvalue weighted by Gasteiger charge is -2.15. The molecule has 1 amide bonds. The Balaban J connectivity index is 2.08. The molecular formula is C12H15N5OS. The summed E-state index contributed by atoms with van der Waals surface area (Å²) in [5.41, 5.74) is 2.95. The number of hydrogen-bond donors (Lipinski definition) is 1. The number of amides is 1. The van der Waals surface area contributed by atoms with Crippen LogP contribution in [0.4, 0.5) is 5.82 Å². The van der Waals surface area contributed by atoms with Crippen LogP contribution in [0.1, 0.15) is 23.1 Å². The van der Waals surface area contributed by atoms with E-state index in [0.717, 1.165) is 12.2 Å².